The van der Waals surface area contributed by atoms with Crippen molar-refractivity contribution >= 4 is 28.8 Å². The predicted molar refractivity (Wildman–Crippen MR) is 81.9 cm³/mol. The standard InChI is InChI=1S/C17H10ClF2NO/c18-14-7-11(1-3-15(14)20)17-8-10(5-6-22)13-9-12(19)2-4-16(13)21-17/h1-4,6-9H,5H2. The second-order valence-corrected chi connectivity index (χ2v) is 5.23. The van der Waals surface area contributed by atoms with E-state index in [-0.39, 0.29) is 17.3 Å². The SMILES string of the molecule is O=CCc1cc(-c2ccc(F)c(Cl)c2)nc2ccc(F)cc12. The molecular weight excluding hydrogens is 308 g/mol. The van der Waals surface area contributed by atoms with Gasteiger partial charge in [0.25, 0.3) is 0 Å². The molecule has 3 rings (SSSR count). The summed E-state index contributed by atoms with van der Waals surface area (Å²) in [5.74, 6) is -0.902. The zero-order valence-corrected chi connectivity index (χ0v) is 12.1. The highest BCUT2D eigenvalue weighted by atomic mass is 35.5. The topological polar surface area (TPSA) is 30.0 Å². The molecule has 0 fully saturated rings. The average Bonchev–Trinajstić information content (AvgIpc) is 2.50. The maximum Gasteiger partial charge on any atom is 0.141 e. The molecule has 0 aliphatic carbocycles. The number of carbonyl (C=O) groups is 1. The third kappa shape index (κ3) is 2.70. The molecule has 0 N–H and O–H groups in total. The summed E-state index contributed by atoms with van der Waals surface area (Å²) in [6.07, 6.45) is 0.894. The fourth-order valence-corrected chi connectivity index (χ4v) is 2.51. The van der Waals surface area contributed by atoms with Gasteiger partial charge in [0.2, 0.25) is 0 Å². The molecular formula is C17H10ClF2NO. The molecule has 0 saturated carbocycles. The Labute approximate surface area is 130 Å². The lowest BCUT2D eigenvalue weighted by atomic mass is 10.0. The van der Waals surface area contributed by atoms with E-state index >= 15 is 0 Å². The number of nitrogens with zero attached hydrogens (tertiary/aromatic N) is 1. The molecule has 1 heterocycles. The van der Waals surface area contributed by atoms with Crippen molar-refractivity contribution in [1.29, 1.82) is 0 Å². The minimum Gasteiger partial charge on any atom is -0.303 e. The van der Waals surface area contributed by atoms with Gasteiger partial charge in [-0.3, -0.25) is 0 Å². The molecule has 0 aliphatic rings. The van der Waals surface area contributed by atoms with E-state index in [9.17, 15) is 13.6 Å². The number of hydrogen-bond acceptors (Lipinski definition) is 2. The van der Waals surface area contributed by atoms with Crippen LogP contribution in [0.3, 0.4) is 0 Å². The molecule has 5 heteroatoms. The average molecular weight is 318 g/mol. The minimum atomic E-state index is -0.513. The first-order chi connectivity index (χ1) is 10.6. The summed E-state index contributed by atoms with van der Waals surface area (Å²) in [5.41, 5.74) is 2.41. The van der Waals surface area contributed by atoms with Crippen molar-refractivity contribution in [3.8, 4) is 11.3 Å². The van der Waals surface area contributed by atoms with Gasteiger partial charge in [-0.2, -0.15) is 0 Å². The Morgan fingerprint density at radius 2 is 1.91 bits per heavy atom. The fraction of sp³-hybridized carbons (Fsp3) is 0.0588. The van der Waals surface area contributed by atoms with E-state index in [1.165, 1.54) is 24.3 Å². The monoisotopic (exact) mass is 317 g/mol. The number of pyridine rings is 1. The van der Waals surface area contributed by atoms with Gasteiger partial charge in [-0.1, -0.05) is 11.6 Å². The molecule has 0 bridgehead atoms. The number of aldehydes is 1. The lowest BCUT2D eigenvalue weighted by Crippen LogP contribution is -1.95. The van der Waals surface area contributed by atoms with Crippen LogP contribution >= 0.6 is 11.6 Å². The highest BCUT2D eigenvalue weighted by Crippen LogP contribution is 2.28. The molecule has 0 amide bonds. The van der Waals surface area contributed by atoms with Crippen LogP contribution in [0, 0.1) is 11.6 Å². The van der Waals surface area contributed by atoms with Crippen LogP contribution in [0.5, 0.6) is 0 Å². The smallest absolute Gasteiger partial charge is 0.141 e. The van der Waals surface area contributed by atoms with Crippen LogP contribution < -0.4 is 0 Å². The molecule has 2 nitrogen and oxygen atoms in total. The fourth-order valence-electron chi connectivity index (χ4n) is 2.33. The Morgan fingerprint density at radius 1 is 1.09 bits per heavy atom. The van der Waals surface area contributed by atoms with Gasteiger partial charge in [0, 0.05) is 17.4 Å². The lowest BCUT2D eigenvalue weighted by Gasteiger charge is -2.09. The van der Waals surface area contributed by atoms with Gasteiger partial charge in [0.1, 0.15) is 17.9 Å². The summed E-state index contributed by atoms with van der Waals surface area (Å²) in [4.78, 5) is 15.3. The molecule has 2 aromatic carbocycles. The number of fused-ring (bicyclic) bond motifs is 1. The Hall–Kier alpha value is -2.33. The van der Waals surface area contributed by atoms with E-state index in [4.69, 9.17) is 11.6 Å². The van der Waals surface area contributed by atoms with Gasteiger partial charge in [-0.25, -0.2) is 13.8 Å². The van der Waals surface area contributed by atoms with E-state index in [1.807, 2.05) is 0 Å². The van der Waals surface area contributed by atoms with Crippen LogP contribution in [-0.4, -0.2) is 11.3 Å². The first-order valence-corrected chi connectivity index (χ1v) is 6.94. The van der Waals surface area contributed by atoms with Crippen LogP contribution in [-0.2, 0) is 11.2 Å². The molecule has 0 saturated heterocycles. The van der Waals surface area contributed by atoms with Crippen LogP contribution in [0.1, 0.15) is 5.56 Å². The van der Waals surface area contributed by atoms with Gasteiger partial charge in [0.15, 0.2) is 0 Å². The van der Waals surface area contributed by atoms with E-state index in [2.05, 4.69) is 4.98 Å². The van der Waals surface area contributed by atoms with Crippen molar-refractivity contribution in [2.75, 3.05) is 0 Å². The molecule has 0 aliphatic heterocycles. The quantitative estimate of drug-likeness (QED) is 0.662. The Kier molecular flexibility index (Phi) is 3.86. The van der Waals surface area contributed by atoms with Crippen LogP contribution in [0.4, 0.5) is 8.78 Å². The van der Waals surface area contributed by atoms with E-state index in [0.29, 0.717) is 27.7 Å². The Bertz CT molecular complexity index is 880. The second kappa shape index (κ2) is 5.81. The third-order valence-corrected chi connectivity index (χ3v) is 3.66. The van der Waals surface area contributed by atoms with Crippen molar-refractivity contribution in [3.05, 3.63) is 64.7 Å². The zero-order chi connectivity index (χ0) is 15.7. The van der Waals surface area contributed by atoms with Gasteiger partial charge in [-0.05, 0) is 48.0 Å². The summed E-state index contributed by atoms with van der Waals surface area (Å²) < 4.78 is 26.7. The molecule has 0 radical (unpaired) electrons. The van der Waals surface area contributed by atoms with E-state index in [0.717, 1.165) is 6.29 Å². The summed E-state index contributed by atoms with van der Waals surface area (Å²) in [6, 6.07) is 10.2. The van der Waals surface area contributed by atoms with Crippen molar-refractivity contribution in [2.24, 2.45) is 0 Å². The number of halogens is 3. The van der Waals surface area contributed by atoms with E-state index in [1.54, 1.807) is 18.2 Å². The zero-order valence-electron chi connectivity index (χ0n) is 11.3. The number of aromatic nitrogens is 1. The first kappa shape index (κ1) is 14.6. The molecule has 1 aromatic heterocycles. The molecule has 110 valence electrons. The van der Waals surface area contributed by atoms with Crippen molar-refractivity contribution < 1.29 is 13.6 Å². The van der Waals surface area contributed by atoms with E-state index < -0.39 is 5.82 Å². The van der Waals surface area contributed by atoms with Gasteiger partial charge in [0.05, 0.1) is 16.2 Å². The highest BCUT2D eigenvalue weighted by Gasteiger charge is 2.10. The molecule has 3 aromatic rings. The second-order valence-electron chi connectivity index (χ2n) is 4.83. The number of carbonyl (C=O) groups excluding carboxylic acids is 1. The number of hydrogen-bond donors (Lipinski definition) is 0. The molecule has 0 atom stereocenters. The summed E-state index contributed by atoms with van der Waals surface area (Å²) in [7, 11) is 0. The van der Waals surface area contributed by atoms with Crippen molar-refractivity contribution in [2.45, 2.75) is 6.42 Å². The van der Waals surface area contributed by atoms with Gasteiger partial charge in [-0.15, -0.1) is 0 Å². The van der Waals surface area contributed by atoms with Crippen molar-refractivity contribution in [1.82, 2.24) is 4.98 Å². The van der Waals surface area contributed by atoms with Crippen LogP contribution in [0.2, 0.25) is 5.02 Å². The maximum atomic E-state index is 13.4. The maximum absolute atomic E-state index is 13.4. The largest absolute Gasteiger partial charge is 0.303 e. The first-order valence-electron chi connectivity index (χ1n) is 6.57. The minimum absolute atomic E-state index is 0.00422. The summed E-state index contributed by atoms with van der Waals surface area (Å²) >= 11 is 5.80. The van der Waals surface area contributed by atoms with Crippen LogP contribution in [0.15, 0.2) is 42.5 Å². The predicted octanol–water partition coefficient (Wildman–Crippen LogP) is 4.57. The van der Waals surface area contributed by atoms with Crippen LogP contribution in [0.25, 0.3) is 22.2 Å². The summed E-state index contributed by atoms with van der Waals surface area (Å²) in [5, 5.41) is 0.583. The molecule has 22 heavy (non-hydrogen) atoms. The normalized spacial score (nSPS) is 10.9. The summed E-state index contributed by atoms with van der Waals surface area (Å²) in [6.45, 7) is 0. The van der Waals surface area contributed by atoms with Gasteiger partial charge < -0.3 is 4.79 Å². The Morgan fingerprint density at radius 3 is 2.64 bits per heavy atom. The Balaban J connectivity index is 2.23. The molecule has 0 spiro atoms. The lowest BCUT2D eigenvalue weighted by molar-refractivity contribution is -0.107. The number of benzene rings is 2. The van der Waals surface area contributed by atoms with Crippen molar-refractivity contribution in [3.63, 3.8) is 0 Å². The third-order valence-electron chi connectivity index (χ3n) is 3.38. The van der Waals surface area contributed by atoms with Gasteiger partial charge >= 0.3 is 0 Å². The molecule has 0 unspecified atom stereocenters. The highest BCUT2D eigenvalue weighted by molar-refractivity contribution is 6.31. The number of rotatable bonds is 3.